The topological polar surface area (TPSA) is 63.5 Å². The van der Waals surface area contributed by atoms with Crippen molar-refractivity contribution in [2.24, 2.45) is 0 Å². The molecule has 0 saturated heterocycles. The molecule has 3 N–H and O–H groups in total. The lowest BCUT2D eigenvalue weighted by Crippen LogP contribution is -1.96. The van der Waals surface area contributed by atoms with Crippen molar-refractivity contribution in [1.29, 1.82) is 0 Å². The maximum Gasteiger partial charge on any atom is 0.115 e. The molecule has 0 aliphatic rings. The average molecular weight is 214 g/mol. The summed E-state index contributed by atoms with van der Waals surface area (Å²) >= 11 is 0. The summed E-state index contributed by atoms with van der Waals surface area (Å²) in [6, 6.07) is 5.62. The number of aromatic nitrogens is 2. The Bertz CT molecular complexity index is 439. The van der Waals surface area contributed by atoms with Crippen LogP contribution in [0.25, 0.3) is 5.52 Å². The van der Waals surface area contributed by atoms with Crippen molar-refractivity contribution >= 4 is 23.6 Å². The van der Waals surface area contributed by atoms with Gasteiger partial charge >= 0.3 is 0 Å². The maximum absolute atomic E-state index is 9.35. The maximum atomic E-state index is 9.35. The largest absolute Gasteiger partial charge is 0.395 e. The van der Waals surface area contributed by atoms with Crippen molar-refractivity contribution in [2.75, 3.05) is 5.73 Å². The van der Waals surface area contributed by atoms with E-state index in [1.807, 2.05) is 18.2 Å². The van der Waals surface area contributed by atoms with Crippen molar-refractivity contribution in [3.63, 3.8) is 0 Å². The molecule has 1 atom stereocenters. The standard InChI is InChI=1S/C9H11N3O.ClH/c1-6(13)9-8(10)7-4-2-3-5-12(7)11-9;/h2-6,13H,10H2,1H3;1H/t6-;/m0./s1. The van der Waals surface area contributed by atoms with Crippen molar-refractivity contribution in [3.05, 3.63) is 30.1 Å². The summed E-state index contributed by atoms with van der Waals surface area (Å²) in [5, 5.41) is 13.5. The summed E-state index contributed by atoms with van der Waals surface area (Å²) in [6.45, 7) is 1.65. The highest BCUT2D eigenvalue weighted by molar-refractivity contribution is 5.85. The highest BCUT2D eigenvalue weighted by atomic mass is 35.5. The number of aliphatic hydroxyl groups is 1. The summed E-state index contributed by atoms with van der Waals surface area (Å²) in [6.07, 6.45) is 1.18. The first-order valence-corrected chi connectivity index (χ1v) is 4.11. The van der Waals surface area contributed by atoms with Crippen molar-refractivity contribution < 1.29 is 5.11 Å². The molecule has 0 aliphatic carbocycles. The third-order valence-corrected chi connectivity index (χ3v) is 2.00. The van der Waals surface area contributed by atoms with Gasteiger partial charge in [0.25, 0.3) is 0 Å². The minimum Gasteiger partial charge on any atom is -0.395 e. The molecule has 2 aromatic rings. The predicted molar refractivity (Wildman–Crippen MR) is 57.5 cm³/mol. The van der Waals surface area contributed by atoms with Gasteiger partial charge in [0, 0.05) is 6.20 Å². The number of rotatable bonds is 1. The Morgan fingerprint density at radius 3 is 2.79 bits per heavy atom. The van der Waals surface area contributed by atoms with Crippen LogP contribution < -0.4 is 5.73 Å². The number of hydrogen-bond acceptors (Lipinski definition) is 3. The summed E-state index contributed by atoms with van der Waals surface area (Å²) in [4.78, 5) is 0. The molecule has 4 nitrogen and oxygen atoms in total. The van der Waals surface area contributed by atoms with E-state index in [9.17, 15) is 5.11 Å². The van der Waals surface area contributed by atoms with Crippen LogP contribution in [-0.4, -0.2) is 14.7 Å². The lowest BCUT2D eigenvalue weighted by Gasteiger charge is -1.98. The number of fused-ring (bicyclic) bond motifs is 1. The third-order valence-electron chi connectivity index (χ3n) is 2.00. The van der Waals surface area contributed by atoms with Crippen LogP contribution in [0.5, 0.6) is 0 Å². The van der Waals surface area contributed by atoms with Gasteiger partial charge in [-0.05, 0) is 19.1 Å². The number of nitrogen functional groups attached to an aromatic ring is 1. The van der Waals surface area contributed by atoms with Crippen LogP contribution in [0.15, 0.2) is 24.4 Å². The van der Waals surface area contributed by atoms with Gasteiger partial charge in [-0.2, -0.15) is 5.10 Å². The smallest absolute Gasteiger partial charge is 0.115 e. The van der Waals surface area contributed by atoms with Gasteiger partial charge in [-0.25, -0.2) is 4.52 Å². The van der Waals surface area contributed by atoms with E-state index in [0.717, 1.165) is 5.52 Å². The van der Waals surface area contributed by atoms with E-state index in [1.54, 1.807) is 17.6 Å². The van der Waals surface area contributed by atoms with E-state index in [0.29, 0.717) is 11.4 Å². The van der Waals surface area contributed by atoms with Gasteiger partial charge < -0.3 is 10.8 Å². The Morgan fingerprint density at radius 1 is 1.50 bits per heavy atom. The van der Waals surface area contributed by atoms with Crippen LogP contribution in [-0.2, 0) is 0 Å². The Morgan fingerprint density at radius 2 is 2.21 bits per heavy atom. The number of anilines is 1. The molecule has 0 amide bonds. The Balaban J connectivity index is 0.000000980. The number of nitrogens with two attached hydrogens (primary N) is 1. The average Bonchev–Trinajstić information content (AvgIpc) is 2.45. The number of hydrogen-bond donors (Lipinski definition) is 2. The quantitative estimate of drug-likeness (QED) is 0.753. The summed E-state index contributed by atoms with van der Waals surface area (Å²) in [5.74, 6) is 0. The van der Waals surface area contributed by atoms with E-state index in [4.69, 9.17) is 5.73 Å². The van der Waals surface area contributed by atoms with Gasteiger partial charge in [0.05, 0.1) is 17.3 Å². The van der Waals surface area contributed by atoms with Gasteiger partial charge in [0.15, 0.2) is 0 Å². The zero-order valence-electron chi connectivity index (χ0n) is 7.71. The molecule has 0 fully saturated rings. The molecule has 2 rings (SSSR count). The zero-order valence-corrected chi connectivity index (χ0v) is 8.53. The molecule has 2 heterocycles. The lowest BCUT2D eigenvalue weighted by molar-refractivity contribution is 0.194. The van der Waals surface area contributed by atoms with E-state index >= 15 is 0 Å². The molecule has 5 heteroatoms. The second-order valence-electron chi connectivity index (χ2n) is 3.01. The third kappa shape index (κ3) is 1.54. The molecule has 0 bridgehead atoms. The summed E-state index contributed by atoms with van der Waals surface area (Å²) in [7, 11) is 0. The number of halogens is 1. The highest BCUT2D eigenvalue weighted by Gasteiger charge is 2.12. The van der Waals surface area contributed by atoms with Gasteiger partial charge in [-0.3, -0.25) is 0 Å². The second kappa shape index (κ2) is 3.86. The van der Waals surface area contributed by atoms with E-state index in [1.165, 1.54) is 0 Å². The Labute approximate surface area is 87.8 Å². The molecular formula is C9H12ClN3O. The van der Waals surface area contributed by atoms with E-state index < -0.39 is 6.10 Å². The fraction of sp³-hybridized carbons (Fsp3) is 0.222. The van der Waals surface area contributed by atoms with Crippen LogP contribution in [0.3, 0.4) is 0 Å². The van der Waals surface area contributed by atoms with Gasteiger partial charge in [-0.1, -0.05) is 6.07 Å². The molecule has 0 aromatic carbocycles. The Hall–Kier alpha value is -1.26. The SMILES string of the molecule is C[C@H](O)c1nn2ccccc2c1N.Cl. The van der Waals surface area contributed by atoms with Crippen LogP contribution in [0.1, 0.15) is 18.7 Å². The predicted octanol–water partition coefficient (Wildman–Crippen LogP) is 1.39. The Kier molecular flexibility index (Phi) is 2.98. The molecule has 0 saturated carbocycles. The van der Waals surface area contributed by atoms with Crippen molar-refractivity contribution in [2.45, 2.75) is 13.0 Å². The van der Waals surface area contributed by atoms with Crippen LogP contribution >= 0.6 is 12.4 Å². The first-order valence-electron chi connectivity index (χ1n) is 4.11. The van der Waals surface area contributed by atoms with E-state index in [-0.39, 0.29) is 12.4 Å². The molecule has 0 spiro atoms. The normalized spacial score (nSPS) is 12.4. The number of pyridine rings is 1. The monoisotopic (exact) mass is 213 g/mol. The first-order chi connectivity index (χ1) is 6.20. The highest BCUT2D eigenvalue weighted by Crippen LogP contribution is 2.22. The summed E-state index contributed by atoms with van der Waals surface area (Å²) < 4.78 is 1.66. The van der Waals surface area contributed by atoms with Crippen molar-refractivity contribution in [1.82, 2.24) is 9.61 Å². The van der Waals surface area contributed by atoms with Gasteiger partial charge in [-0.15, -0.1) is 12.4 Å². The first kappa shape index (κ1) is 10.8. The number of nitrogens with zero attached hydrogens (tertiary/aromatic N) is 2. The minimum atomic E-state index is -0.625. The van der Waals surface area contributed by atoms with Crippen LogP contribution in [0, 0.1) is 0 Å². The lowest BCUT2D eigenvalue weighted by atomic mass is 10.2. The van der Waals surface area contributed by atoms with Crippen LogP contribution in [0.4, 0.5) is 5.69 Å². The van der Waals surface area contributed by atoms with E-state index in [2.05, 4.69) is 5.10 Å². The van der Waals surface area contributed by atoms with Gasteiger partial charge in [0.1, 0.15) is 5.69 Å². The van der Waals surface area contributed by atoms with Gasteiger partial charge in [0.2, 0.25) is 0 Å². The fourth-order valence-electron chi connectivity index (χ4n) is 1.34. The summed E-state index contributed by atoms with van der Waals surface area (Å²) in [5.41, 5.74) is 7.71. The van der Waals surface area contributed by atoms with Crippen molar-refractivity contribution in [3.8, 4) is 0 Å². The molecule has 0 unspecified atom stereocenters. The molecule has 0 aliphatic heterocycles. The molecule has 14 heavy (non-hydrogen) atoms. The fourth-order valence-corrected chi connectivity index (χ4v) is 1.34. The molecule has 2 aromatic heterocycles. The molecular weight excluding hydrogens is 202 g/mol. The molecule has 76 valence electrons. The molecule has 0 radical (unpaired) electrons. The number of aliphatic hydroxyl groups excluding tert-OH is 1. The second-order valence-corrected chi connectivity index (χ2v) is 3.01. The zero-order chi connectivity index (χ0) is 9.42. The minimum absolute atomic E-state index is 0. The van der Waals surface area contributed by atoms with Crippen LogP contribution in [0.2, 0.25) is 0 Å².